The van der Waals surface area contributed by atoms with Crippen molar-refractivity contribution < 1.29 is 9.90 Å². The molecule has 1 N–H and O–H groups in total. The number of rotatable bonds is 2. The Bertz CT molecular complexity index is 267. The topological polar surface area (TPSA) is 37.3 Å². The summed E-state index contributed by atoms with van der Waals surface area (Å²) in [6.45, 7) is 0. The summed E-state index contributed by atoms with van der Waals surface area (Å²) >= 11 is 0. The molecule has 0 fully saturated rings. The molecule has 0 saturated carbocycles. The van der Waals surface area contributed by atoms with Crippen LogP contribution in [0.4, 0.5) is 0 Å². The molecule has 0 heterocycles. The standard InChI is InChI=1S/C9H8O2.Ba/c10-9(11)7-6-8-4-2-1-3-5-8;/h1-7H,(H,10,11);. The van der Waals surface area contributed by atoms with Crippen LogP contribution in [0.3, 0.4) is 0 Å². The molecule has 2 nitrogen and oxygen atoms in total. The third-order valence-corrected chi connectivity index (χ3v) is 1.22. The number of benzene rings is 1. The van der Waals surface area contributed by atoms with Gasteiger partial charge >= 0.3 is 5.97 Å². The summed E-state index contributed by atoms with van der Waals surface area (Å²) in [5, 5.41) is 8.29. The van der Waals surface area contributed by atoms with Crippen molar-refractivity contribution in [2.45, 2.75) is 0 Å². The third-order valence-electron chi connectivity index (χ3n) is 1.22. The molecule has 0 amide bonds. The van der Waals surface area contributed by atoms with Crippen LogP contribution in [0.25, 0.3) is 6.08 Å². The first-order valence-electron chi connectivity index (χ1n) is 3.25. The minimum Gasteiger partial charge on any atom is -0.478 e. The van der Waals surface area contributed by atoms with Gasteiger partial charge < -0.3 is 5.11 Å². The van der Waals surface area contributed by atoms with Crippen LogP contribution in [-0.4, -0.2) is 60.0 Å². The van der Waals surface area contributed by atoms with Crippen LogP contribution in [0.15, 0.2) is 36.4 Å². The number of aliphatic carboxylic acids is 1. The second kappa shape index (κ2) is 6.51. The average Bonchev–Trinajstić information content (AvgIpc) is 2.03. The van der Waals surface area contributed by atoms with E-state index in [1.54, 1.807) is 6.08 Å². The van der Waals surface area contributed by atoms with Crippen LogP contribution in [0.1, 0.15) is 5.56 Å². The van der Waals surface area contributed by atoms with Gasteiger partial charge in [0.25, 0.3) is 0 Å². The van der Waals surface area contributed by atoms with Crippen molar-refractivity contribution in [1.82, 2.24) is 0 Å². The van der Waals surface area contributed by atoms with E-state index in [1.807, 2.05) is 30.3 Å². The average molecular weight is 285 g/mol. The molecule has 0 aliphatic heterocycles. The van der Waals surface area contributed by atoms with Gasteiger partial charge in [-0.1, -0.05) is 30.3 Å². The van der Waals surface area contributed by atoms with Crippen LogP contribution in [0.5, 0.6) is 0 Å². The van der Waals surface area contributed by atoms with E-state index in [9.17, 15) is 4.79 Å². The largest absolute Gasteiger partial charge is 0.478 e. The van der Waals surface area contributed by atoms with Gasteiger partial charge in [0.2, 0.25) is 0 Å². The fraction of sp³-hybridized carbons (Fsp3) is 0. The molecule has 1 rings (SSSR count). The molecule has 3 heteroatoms. The summed E-state index contributed by atoms with van der Waals surface area (Å²) in [7, 11) is 0. The van der Waals surface area contributed by atoms with Crippen LogP contribution in [-0.2, 0) is 4.79 Å². The molecule has 1 aromatic rings. The maximum atomic E-state index is 10.1. The Morgan fingerprint density at radius 3 is 2.33 bits per heavy atom. The first-order chi connectivity index (χ1) is 5.29. The summed E-state index contributed by atoms with van der Waals surface area (Å²) in [4.78, 5) is 10.1. The third kappa shape index (κ3) is 4.79. The Morgan fingerprint density at radius 2 is 1.83 bits per heavy atom. The van der Waals surface area contributed by atoms with Gasteiger partial charge in [0.05, 0.1) is 0 Å². The molecule has 0 atom stereocenters. The molecule has 2 radical (unpaired) electrons. The van der Waals surface area contributed by atoms with Crippen LogP contribution in [0, 0.1) is 0 Å². The molecule has 0 aliphatic carbocycles. The summed E-state index contributed by atoms with van der Waals surface area (Å²) in [5.41, 5.74) is 0.898. The first-order valence-corrected chi connectivity index (χ1v) is 3.25. The molecule has 1 aromatic carbocycles. The van der Waals surface area contributed by atoms with Crippen molar-refractivity contribution in [3.05, 3.63) is 42.0 Å². The number of hydrogen-bond donors (Lipinski definition) is 1. The molecule has 0 unspecified atom stereocenters. The Labute approximate surface area is 111 Å². The maximum Gasteiger partial charge on any atom is 0.328 e. The fourth-order valence-corrected chi connectivity index (χ4v) is 0.732. The first kappa shape index (κ1) is 12.0. The predicted octanol–water partition coefficient (Wildman–Crippen LogP) is 1.40. The van der Waals surface area contributed by atoms with Crippen molar-refractivity contribution in [2.75, 3.05) is 0 Å². The van der Waals surface area contributed by atoms with Crippen molar-refractivity contribution >= 4 is 60.9 Å². The molecule has 58 valence electrons. The summed E-state index contributed by atoms with van der Waals surface area (Å²) in [5.74, 6) is -0.922. The molecule has 0 aromatic heterocycles. The van der Waals surface area contributed by atoms with E-state index in [0.717, 1.165) is 11.6 Å². The molecule has 0 saturated heterocycles. The second-order valence-corrected chi connectivity index (χ2v) is 2.08. The van der Waals surface area contributed by atoms with Crippen molar-refractivity contribution in [1.29, 1.82) is 0 Å². The van der Waals surface area contributed by atoms with E-state index in [-0.39, 0.29) is 48.9 Å². The van der Waals surface area contributed by atoms with E-state index in [1.165, 1.54) is 0 Å². The number of carboxylic acids is 1. The number of hydrogen-bond acceptors (Lipinski definition) is 1. The SMILES string of the molecule is O=C(O)C=Cc1ccccc1.[Ba]. The summed E-state index contributed by atoms with van der Waals surface area (Å²) < 4.78 is 0. The van der Waals surface area contributed by atoms with Gasteiger partial charge in [-0.25, -0.2) is 4.79 Å². The summed E-state index contributed by atoms with van der Waals surface area (Å²) in [6, 6.07) is 9.31. The predicted molar refractivity (Wildman–Crippen MR) is 48.9 cm³/mol. The van der Waals surface area contributed by atoms with Gasteiger partial charge in [-0.3, -0.25) is 0 Å². The zero-order valence-electron chi connectivity index (χ0n) is 6.60. The zero-order valence-corrected chi connectivity index (χ0v) is 11.0. The Balaban J connectivity index is 0.00000121. The molecular weight excluding hydrogens is 277 g/mol. The van der Waals surface area contributed by atoms with E-state index < -0.39 is 5.97 Å². The second-order valence-electron chi connectivity index (χ2n) is 2.08. The van der Waals surface area contributed by atoms with Crippen molar-refractivity contribution in [3.63, 3.8) is 0 Å². The molecule has 0 bridgehead atoms. The molecule has 0 spiro atoms. The fourth-order valence-electron chi connectivity index (χ4n) is 0.732. The van der Waals surface area contributed by atoms with E-state index in [4.69, 9.17) is 5.11 Å². The van der Waals surface area contributed by atoms with Gasteiger partial charge in [0, 0.05) is 55.0 Å². The minimum atomic E-state index is -0.922. The number of carbonyl (C=O) groups is 1. The van der Waals surface area contributed by atoms with Gasteiger partial charge in [0.1, 0.15) is 0 Å². The molecule has 0 aliphatic rings. The van der Waals surface area contributed by atoms with Gasteiger partial charge in [-0.15, -0.1) is 0 Å². The number of carboxylic acid groups (broad SMARTS) is 1. The normalized spacial score (nSPS) is 9.33. The van der Waals surface area contributed by atoms with Gasteiger partial charge in [-0.2, -0.15) is 0 Å². The van der Waals surface area contributed by atoms with Gasteiger partial charge in [-0.05, 0) is 11.6 Å². The summed E-state index contributed by atoms with van der Waals surface area (Å²) in [6.07, 6.45) is 2.68. The quantitative estimate of drug-likeness (QED) is 0.659. The smallest absolute Gasteiger partial charge is 0.328 e. The van der Waals surface area contributed by atoms with Gasteiger partial charge in [0.15, 0.2) is 0 Å². The van der Waals surface area contributed by atoms with Crippen LogP contribution in [0.2, 0.25) is 0 Å². The van der Waals surface area contributed by atoms with E-state index in [0.29, 0.717) is 0 Å². The Morgan fingerprint density at radius 1 is 1.25 bits per heavy atom. The van der Waals surface area contributed by atoms with Crippen LogP contribution >= 0.6 is 0 Å². The molecular formula is C9H8BaO2. The maximum absolute atomic E-state index is 10.1. The van der Waals surface area contributed by atoms with Crippen LogP contribution < -0.4 is 0 Å². The van der Waals surface area contributed by atoms with Crippen molar-refractivity contribution in [2.24, 2.45) is 0 Å². The Hall–Kier alpha value is 0.00143. The van der Waals surface area contributed by atoms with E-state index in [2.05, 4.69) is 0 Å². The minimum absolute atomic E-state index is 0. The molecule has 12 heavy (non-hydrogen) atoms. The van der Waals surface area contributed by atoms with E-state index >= 15 is 0 Å². The zero-order chi connectivity index (χ0) is 8.10. The monoisotopic (exact) mass is 286 g/mol. The van der Waals surface area contributed by atoms with Crippen molar-refractivity contribution in [3.8, 4) is 0 Å². The Kier molecular flexibility index (Phi) is 6.51.